The van der Waals surface area contributed by atoms with Crippen molar-refractivity contribution in [3.05, 3.63) is 170 Å². The normalized spacial score (nSPS) is 14.5. The lowest BCUT2D eigenvalue weighted by Gasteiger charge is -2.21. The van der Waals surface area contributed by atoms with Crippen molar-refractivity contribution < 1.29 is 75.8 Å². The van der Waals surface area contributed by atoms with E-state index in [-0.39, 0.29) is 19.3 Å². The van der Waals surface area contributed by atoms with Gasteiger partial charge >= 0.3 is 33.6 Å². The number of esters is 3. The van der Waals surface area contributed by atoms with Crippen LogP contribution in [0.2, 0.25) is 0 Å². The molecule has 5 atom stereocenters. The fourth-order valence-electron chi connectivity index (χ4n) is 12.7. The van der Waals surface area contributed by atoms with Crippen LogP contribution in [0.4, 0.5) is 0 Å². The third kappa shape index (κ3) is 93.5. The van der Waals surface area contributed by atoms with Crippen LogP contribution in [-0.4, -0.2) is 95.9 Å². The lowest BCUT2D eigenvalue weighted by molar-refractivity contribution is -0.161. The Morgan fingerprint density at radius 1 is 0.244 bits per heavy atom. The maximum absolute atomic E-state index is 13.1. The number of hydrogen-bond donors (Lipinski definition) is 4. The third-order valence-electron chi connectivity index (χ3n) is 19.9. The summed E-state index contributed by atoms with van der Waals surface area (Å²) in [5.74, 6) is -1.59. The summed E-state index contributed by atoms with van der Waals surface area (Å²) in [6.07, 6.45) is 120. The maximum Gasteiger partial charge on any atom is 0.472 e. The Labute approximate surface area is 726 Å². The minimum atomic E-state index is -4.95. The van der Waals surface area contributed by atoms with E-state index in [1.54, 1.807) is 0 Å². The molecule has 0 aliphatic rings. The van der Waals surface area contributed by atoms with E-state index in [1.165, 1.54) is 161 Å². The first-order chi connectivity index (χ1) is 58.2. The molecular formula is C101H172O16P2. The molecule has 0 saturated carbocycles. The van der Waals surface area contributed by atoms with Crippen LogP contribution in [0.1, 0.15) is 393 Å². The van der Waals surface area contributed by atoms with Gasteiger partial charge in [-0.25, -0.2) is 9.13 Å². The van der Waals surface area contributed by atoms with Crippen LogP contribution in [-0.2, 0) is 55.8 Å². The smallest absolute Gasteiger partial charge is 0.463 e. The fourth-order valence-corrected chi connectivity index (χ4v) is 14.3. The molecule has 0 aliphatic carbocycles. The second-order valence-electron chi connectivity index (χ2n) is 31.4. The molecule has 682 valence electrons. The van der Waals surface area contributed by atoms with Gasteiger partial charge in [0.15, 0.2) is 6.10 Å². The predicted octanol–water partition coefficient (Wildman–Crippen LogP) is 29.4. The van der Waals surface area contributed by atoms with E-state index in [1.807, 2.05) is 0 Å². The van der Waals surface area contributed by atoms with Crippen LogP contribution < -0.4 is 0 Å². The Bertz CT molecular complexity index is 2840. The molecule has 0 aromatic rings. The number of rotatable bonds is 89. The van der Waals surface area contributed by atoms with Gasteiger partial charge in [-0.3, -0.25) is 32.5 Å². The molecular weight excluding hydrogens is 1530 g/mol. The number of allylic oxidation sites excluding steroid dienone is 28. The van der Waals surface area contributed by atoms with Crippen LogP contribution >= 0.6 is 15.6 Å². The Kier molecular flexibility index (Phi) is 88.2. The van der Waals surface area contributed by atoms with Gasteiger partial charge in [-0.2, -0.15) is 0 Å². The molecule has 0 rings (SSSR count). The monoisotopic (exact) mass is 1700 g/mol. The zero-order valence-corrected chi connectivity index (χ0v) is 77.0. The SMILES string of the molecule is CC/C=C\C/C=C\C/C=C\C/C=C\C/C=C\C/C=C\CCCCCCCCC(=O)OC(COC(=O)CCCCCCCCCCCCCCC/C=C\C/C=C\C/C=C\C/C=C\CCCCC)COP(=O)(O)OCC(O)COP(=O)(O)OCC(O)COC(=O)CCCCCCCCCCCCCCC/C=C\C/C=C\C/C=C\C/C=C\CCCCC. The number of aliphatic hydroxyl groups is 2. The van der Waals surface area contributed by atoms with Crippen molar-refractivity contribution in [3.8, 4) is 0 Å². The van der Waals surface area contributed by atoms with Gasteiger partial charge in [-0.15, -0.1) is 0 Å². The standard InChI is InChI=1S/C101H172O16P2/c1-4-7-10-13-16-19-22-25-28-31-34-37-40-43-45-47-49-52-54-57-60-63-66-69-72-75-78-81-84-87-99(104)111-90-96(102)91-113-118(107,108)114-92-97(103)93-115-119(109,110)116-95-98(117-101(106)89-86-83-80-77-74-71-68-65-62-59-56-51-42-39-36-33-30-27-24-21-18-15-12-9-6-3)94-112-100(105)88-85-82-79-76-73-70-67-64-61-58-55-53-50-48-46-44-41-38-35-32-29-26-23-20-17-14-11-8-5-2/h9,12,16-21,25-30,34-39,43-46,51,56,62,65,96-98,102-103H,4-8,10-11,13-15,22-24,31-33,40-42,47-50,52-55,57-61,63-64,66-95H2,1-3H3,(H,107,108)(H,109,110)/b12-9-,19-16-,20-17-,21-18-,28-25-,29-26-,30-27-,37-34-,38-35-,39-36-,45-43-,46-44-,56-51-,65-62-. The molecule has 0 bridgehead atoms. The number of phosphoric acid groups is 2. The van der Waals surface area contributed by atoms with E-state index in [0.29, 0.717) is 19.3 Å². The lowest BCUT2D eigenvalue weighted by Crippen LogP contribution is -2.30. The molecule has 0 radical (unpaired) electrons. The van der Waals surface area contributed by atoms with Gasteiger partial charge < -0.3 is 34.2 Å². The molecule has 5 unspecified atom stereocenters. The highest BCUT2D eigenvalue weighted by atomic mass is 31.2. The van der Waals surface area contributed by atoms with E-state index < -0.39 is 91.5 Å². The van der Waals surface area contributed by atoms with Crippen molar-refractivity contribution >= 4 is 33.6 Å². The second-order valence-corrected chi connectivity index (χ2v) is 34.3. The first-order valence-electron chi connectivity index (χ1n) is 47.4. The van der Waals surface area contributed by atoms with Crippen molar-refractivity contribution in [2.24, 2.45) is 0 Å². The van der Waals surface area contributed by atoms with Gasteiger partial charge in [-0.1, -0.05) is 384 Å². The van der Waals surface area contributed by atoms with Crippen molar-refractivity contribution in [2.75, 3.05) is 39.6 Å². The van der Waals surface area contributed by atoms with E-state index in [4.69, 9.17) is 32.3 Å². The molecule has 0 aliphatic heterocycles. The van der Waals surface area contributed by atoms with Gasteiger partial charge in [0.1, 0.15) is 25.4 Å². The fraction of sp³-hybridized carbons (Fsp3) is 0.693. The molecule has 119 heavy (non-hydrogen) atoms. The van der Waals surface area contributed by atoms with Gasteiger partial charge in [0.05, 0.1) is 26.4 Å². The molecule has 0 heterocycles. The highest BCUT2D eigenvalue weighted by Crippen LogP contribution is 2.45. The van der Waals surface area contributed by atoms with Crippen molar-refractivity contribution in [3.63, 3.8) is 0 Å². The molecule has 0 fully saturated rings. The van der Waals surface area contributed by atoms with E-state index in [2.05, 4.69) is 191 Å². The number of ether oxygens (including phenoxy) is 3. The van der Waals surface area contributed by atoms with Crippen LogP contribution in [0.5, 0.6) is 0 Å². The average Bonchev–Trinajstić information content (AvgIpc) is 0.902. The summed E-state index contributed by atoms with van der Waals surface area (Å²) in [5.41, 5.74) is 0. The lowest BCUT2D eigenvalue weighted by atomic mass is 10.0. The summed E-state index contributed by atoms with van der Waals surface area (Å²) in [6, 6.07) is 0. The van der Waals surface area contributed by atoms with Crippen LogP contribution in [0.3, 0.4) is 0 Å². The molecule has 18 heteroatoms. The van der Waals surface area contributed by atoms with Crippen LogP contribution in [0, 0.1) is 0 Å². The molecule has 0 amide bonds. The highest BCUT2D eigenvalue weighted by Gasteiger charge is 2.29. The minimum Gasteiger partial charge on any atom is -0.463 e. The summed E-state index contributed by atoms with van der Waals surface area (Å²) >= 11 is 0. The zero-order chi connectivity index (χ0) is 86.5. The summed E-state index contributed by atoms with van der Waals surface area (Å²) < 4.78 is 61.5. The first-order valence-corrected chi connectivity index (χ1v) is 50.4. The van der Waals surface area contributed by atoms with Crippen molar-refractivity contribution in [2.45, 2.75) is 411 Å². The Balaban J connectivity index is 4.67. The summed E-state index contributed by atoms with van der Waals surface area (Å²) in [5, 5.41) is 20.8. The largest absolute Gasteiger partial charge is 0.472 e. The topological polar surface area (TPSA) is 231 Å². The average molecular weight is 1700 g/mol. The van der Waals surface area contributed by atoms with Gasteiger partial charge in [0.25, 0.3) is 0 Å². The van der Waals surface area contributed by atoms with Crippen LogP contribution in [0.15, 0.2) is 170 Å². The van der Waals surface area contributed by atoms with Gasteiger partial charge in [-0.05, 0) is 161 Å². The highest BCUT2D eigenvalue weighted by molar-refractivity contribution is 7.47. The summed E-state index contributed by atoms with van der Waals surface area (Å²) in [4.78, 5) is 59.1. The number of aliphatic hydroxyl groups excluding tert-OH is 2. The molecule has 0 saturated heterocycles. The van der Waals surface area contributed by atoms with Crippen molar-refractivity contribution in [1.29, 1.82) is 0 Å². The second kappa shape index (κ2) is 92.1. The molecule has 0 spiro atoms. The maximum atomic E-state index is 13.1. The molecule has 0 aromatic heterocycles. The first kappa shape index (κ1) is 114. The number of carbonyl (C=O) groups excluding carboxylic acids is 3. The molecule has 0 aromatic carbocycles. The Morgan fingerprint density at radius 3 is 0.706 bits per heavy atom. The van der Waals surface area contributed by atoms with E-state index >= 15 is 0 Å². The number of carbonyl (C=O) groups is 3. The van der Waals surface area contributed by atoms with E-state index in [0.717, 1.165) is 173 Å². The third-order valence-corrected chi connectivity index (χ3v) is 21.8. The van der Waals surface area contributed by atoms with E-state index in [9.17, 15) is 43.5 Å². The predicted molar refractivity (Wildman–Crippen MR) is 500 cm³/mol. The molecule has 4 N–H and O–H groups in total. The van der Waals surface area contributed by atoms with Crippen molar-refractivity contribution in [1.82, 2.24) is 0 Å². The zero-order valence-electron chi connectivity index (χ0n) is 75.2. The van der Waals surface area contributed by atoms with Crippen LogP contribution in [0.25, 0.3) is 0 Å². The number of unbranched alkanes of at least 4 members (excludes halogenated alkanes) is 38. The molecule has 16 nitrogen and oxygen atoms in total. The number of phosphoric ester groups is 2. The summed E-state index contributed by atoms with van der Waals surface area (Å²) in [7, 11) is -9.82. The number of hydrogen-bond acceptors (Lipinski definition) is 14. The summed E-state index contributed by atoms with van der Waals surface area (Å²) in [6.45, 7) is 2.54. The Morgan fingerprint density at radius 2 is 0.445 bits per heavy atom. The Hall–Kier alpha value is -5.09. The van der Waals surface area contributed by atoms with Gasteiger partial charge in [0, 0.05) is 19.3 Å². The van der Waals surface area contributed by atoms with Gasteiger partial charge in [0.2, 0.25) is 0 Å². The minimum absolute atomic E-state index is 0.0821. The quantitative estimate of drug-likeness (QED) is 0.0146.